The number of carbonyl (C=O) groups is 1. The Morgan fingerprint density at radius 1 is 1.14 bits per heavy atom. The SMILES string of the molecule is CCC/C(=N/NC(=O)c1ccncc1)c1ccc(Cl)cc1. The van der Waals surface area contributed by atoms with Gasteiger partial charge < -0.3 is 0 Å². The van der Waals surface area contributed by atoms with E-state index in [2.05, 4.69) is 22.4 Å². The fraction of sp³-hybridized carbons (Fsp3) is 0.188. The number of halogens is 1. The zero-order valence-corrected chi connectivity index (χ0v) is 12.5. The van der Waals surface area contributed by atoms with Crippen molar-refractivity contribution in [2.75, 3.05) is 0 Å². The first-order chi connectivity index (χ1) is 10.2. The molecule has 0 aliphatic heterocycles. The maximum absolute atomic E-state index is 12.0. The molecule has 0 saturated carbocycles. The van der Waals surface area contributed by atoms with Gasteiger partial charge in [-0.05, 0) is 36.2 Å². The summed E-state index contributed by atoms with van der Waals surface area (Å²) in [5, 5.41) is 4.92. The fourth-order valence-corrected chi connectivity index (χ4v) is 1.96. The second-order valence-corrected chi connectivity index (χ2v) is 4.93. The van der Waals surface area contributed by atoms with Crippen molar-refractivity contribution in [3.63, 3.8) is 0 Å². The van der Waals surface area contributed by atoms with Crippen molar-refractivity contribution in [2.24, 2.45) is 5.10 Å². The molecule has 0 bridgehead atoms. The second kappa shape index (κ2) is 7.55. The molecule has 5 heteroatoms. The number of hydrazone groups is 1. The van der Waals surface area contributed by atoms with Crippen molar-refractivity contribution in [1.29, 1.82) is 0 Å². The quantitative estimate of drug-likeness (QED) is 0.676. The number of nitrogens with one attached hydrogen (secondary N) is 1. The highest BCUT2D eigenvalue weighted by molar-refractivity contribution is 6.30. The molecule has 2 rings (SSSR count). The number of aromatic nitrogens is 1. The molecule has 0 radical (unpaired) electrons. The molecule has 1 aromatic carbocycles. The summed E-state index contributed by atoms with van der Waals surface area (Å²) in [6, 6.07) is 10.7. The Balaban J connectivity index is 2.14. The molecule has 0 saturated heterocycles. The van der Waals surface area contributed by atoms with Crippen LogP contribution in [0.3, 0.4) is 0 Å². The topological polar surface area (TPSA) is 54.4 Å². The molecule has 1 aromatic heterocycles. The molecule has 0 spiro atoms. The van der Waals surface area contributed by atoms with Crippen molar-refractivity contribution in [3.05, 3.63) is 64.9 Å². The van der Waals surface area contributed by atoms with E-state index in [0.29, 0.717) is 10.6 Å². The number of pyridine rings is 1. The molecule has 108 valence electrons. The van der Waals surface area contributed by atoms with Crippen LogP contribution in [0.15, 0.2) is 53.9 Å². The summed E-state index contributed by atoms with van der Waals surface area (Å²) in [5.74, 6) is -0.250. The maximum atomic E-state index is 12.0. The standard InChI is InChI=1S/C16H16ClN3O/c1-2-3-15(12-4-6-14(17)7-5-12)19-20-16(21)13-8-10-18-11-9-13/h4-11H,2-3H2,1H3,(H,20,21)/b19-15-. The molecule has 1 amide bonds. The molecule has 0 aliphatic rings. The third-order valence-electron chi connectivity index (χ3n) is 2.90. The zero-order valence-electron chi connectivity index (χ0n) is 11.7. The number of rotatable bonds is 5. The van der Waals surface area contributed by atoms with Crippen LogP contribution in [0.4, 0.5) is 0 Å². The summed E-state index contributed by atoms with van der Waals surface area (Å²) < 4.78 is 0. The van der Waals surface area contributed by atoms with Gasteiger partial charge in [0.05, 0.1) is 5.71 Å². The van der Waals surface area contributed by atoms with Crippen molar-refractivity contribution in [2.45, 2.75) is 19.8 Å². The van der Waals surface area contributed by atoms with Crippen LogP contribution in [0.2, 0.25) is 5.02 Å². The first-order valence-corrected chi connectivity index (χ1v) is 7.11. The third kappa shape index (κ3) is 4.39. The van der Waals surface area contributed by atoms with Gasteiger partial charge in [-0.25, -0.2) is 5.43 Å². The van der Waals surface area contributed by atoms with Gasteiger partial charge >= 0.3 is 0 Å². The average Bonchev–Trinajstić information content (AvgIpc) is 2.53. The average molecular weight is 302 g/mol. The van der Waals surface area contributed by atoms with Gasteiger partial charge in [-0.2, -0.15) is 5.10 Å². The van der Waals surface area contributed by atoms with Crippen molar-refractivity contribution < 1.29 is 4.79 Å². The van der Waals surface area contributed by atoms with E-state index in [4.69, 9.17) is 11.6 Å². The normalized spacial score (nSPS) is 11.2. The minimum absolute atomic E-state index is 0.250. The molecule has 1 heterocycles. The highest BCUT2D eigenvalue weighted by atomic mass is 35.5. The van der Waals surface area contributed by atoms with E-state index < -0.39 is 0 Å². The molecule has 1 N–H and O–H groups in total. The molecular formula is C16H16ClN3O. The number of hydrogen-bond donors (Lipinski definition) is 1. The van der Waals surface area contributed by atoms with E-state index in [-0.39, 0.29) is 5.91 Å². The predicted molar refractivity (Wildman–Crippen MR) is 84.6 cm³/mol. The number of hydrogen-bond acceptors (Lipinski definition) is 3. The van der Waals surface area contributed by atoms with Crippen LogP contribution >= 0.6 is 11.6 Å². The lowest BCUT2D eigenvalue weighted by molar-refractivity contribution is 0.0954. The maximum Gasteiger partial charge on any atom is 0.271 e. The van der Waals surface area contributed by atoms with Crippen LogP contribution in [-0.4, -0.2) is 16.6 Å². The Morgan fingerprint density at radius 3 is 2.43 bits per heavy atom. The van der Waals surface area contributed by atoms with Crippen LogP contribution in [0.25, 0.3) is 0 Å². The van der Waals surface area contributed by atoms with E-state index in [1.165, 1.54) is 0 Å². The molecule has 21 heavy (non-hydrogen) atoms. The Kier molecular flexibility index (Phi) is 5.46. The Bertz CT molecular complexity index is 624. The van der Waals surface area contributed by atoms with Gasteiger partial charge in [0, 0.05) is 23.0 Å². The number of nitrogens with zero attached hydrogens (tertiary/aromatic N) is 2. The smallest absolute Gasteiger partial charge is 0.267 e. The largest absolute Gasteiger partial charge is 0.271 e. The summed E-state index contributed by atoms with van der Waals surface area (Å²) in [4.78, 5) is 15.9. The Morgan fingerprint density at radius 2 is 1.81 bits per heavy atom. The highest BCUT2D eigenvalue weighted by Crippen LogP contribution is 2.12. The third-order valence-corrected chi connectivity index (χ3v) is 3.15. The summed E-state index contributed by atoms with van der Waals surface area (Å²) >= 11 is 5.89. The van der Waals surface area contributed by atoms with E-state index in [0.717, 1.165) is 24.1 Å². The van der Waals surface area contributed by atoms with Gasteiger partial charge in [-0.1, -0.05) is 37.1 Å². The zero-order chi connectivity index (χ0) is 15.1. The first-order valence-electron chi connectivity index (χ1n) is 6.73. The minimum atomic E-state index is -0.250. The van der Waals surface area contributed by atoms with E-state index in [1.54, 1.807) is 24.5 Å². The minimum Gasteiger partial charge on any atom is -0.267 e. The summed E-state index contributed by atoms with van der Waals surface area (Å²) in [6.45, 7) is 2.07. The van der Waals surface area contributed by atoms with Crippen LogP contribution in [0.1, 0.15) is 35.7 Å². The summed E-state index contributed by atoms with van der Waals surface area (Å²) in [7, 11) is 0. The molecule has 4 nitrogen and oxygen atoms in total. The molecule has 0 unspecified atom stereocenters. The number of carbonyl (C=O) groups excluding carboxylic acids is 1. The van der Waals surface area contributed by atoms with Crippen molar-refractivity contribution in [1.82, 2.24) is 10.4 Å². The summed E-state index contributed by atoms with van der Waals surface area (Å²) in [6.07, 6.45) is 4.86. The first kappa shape index (κ1) is 15.2. The lowest BCUT2D eigenvalue weighted by Gasteiger charge is -2.06. The van der Waals surface area contributed by atoms with Crippen molar-refractivity contribution >= 4 is 23.2 Å². The van der Waals surface area contributed by atoms with E-state index >= 15 is 0 Å². The number of amides is 1. The predicted octanol–water partition coefficient (Wildman–Crippen LogP) is 3.67. The van der Waals surface area contributed by atoms with Crippen LogP contribution in [0, 0.1) is 0 Å². The lowest BCUT2D eigenvalue weighted by atomic mass is 10.1. The lowest BCUT2D eigenvalue weighted by Crippen LogP contribution is -2.20. The fourth-order valence-electron chi connectivity index (χ4n) is 1.83. The van der Waals surface area contributed by atoms with E-state index in [9.17, 15) is 4.79 Å². The van der Waals surface area contributed by atoms with Crippen LogP contribution < -0.4 is 5.43 Å². The Labute approximate surface area is 128 Å². The molecule has 0 aliphatic carbocycles. The molecular weight excluding hydrogens is 286 g/mol. The van der Waals surface area contributed by atoms with Gasteiger partial charge in [-0.15, -0.1) is 0 Å². The van der Waals surface area contributed by atoms with Gasteiger partial charge in [0.1, 0.15) is 0 Å². The number of benzene rings is 1. The molecule has 0 atom stereocenters. The van der Waals surface area contributed by atoms with Crippen molar-refractivity contribution in [3.8, 4) is 0 Å². The monoisotopic (exact) mass is 301 g/mol. The second-order valence-electron chi connectivity index (χ2n) is 4.49. The van der Waals surface area contributed by atoms with Gasteiger partial charge in [-0.3, -0.25) is 9.78 Å². The molecule has 0 fully saturated rings. The molecule has 2 aromatic rings. The van der Waals surface area contributed by atoms with Gasteiger partial charge in [0.2, 0.25) is 0 Å². The highest BCUT2D eigenvalue weighted by Gasteiger charge is 2.06. The van der Waals surface area contributed by atoms with E-state index in [1.807, 2.05) is 24.3 Å². The van der Waals surface area contributed by atoms with Gasteiger partial charge in [0.15, 0.2) is 0 Å². The summed E-state index contributed by atoms with van der Waals surface area (Å²) in [5.41, 5.74) is 4.90. The van der Waals surface area contributed by atoms with Crippen LogP contribution in [-0.2, 0) is 0 Å². The van der Waals surface area contributed by atoms with Crippen LogP contribution in [0.5, 0.6) is 0 Å². The van der Waals surface area contributed by atoms with Gasteiger partial charge in [0.25, 0.3) is 5.91 Å². The Hall–Kier alpha value is -2.20.